The molecule has 2 heterocycles. The Morgan fingerprint density at radius 2 is 2.09 bits per heavy atom. The number of alkyl carbamates (subject to hydrolysis) is 1. The topological polar surface area (TPSA) is 123 Å². The number of anilines is 1. The van der Waals surface area contributed by atoms with E-state index in [9.17, 15) is 22.8 Å². The third kappa shape index (κ3) is 6.14. The van der Waals surface area contributed by atoms with Crippen molar-refractivity contribution in [1.29, 1.82) is 0 Å². The molecule has 0 saturated heterocycles. The van der Waals surface area contributed by atoms with Crippen molar-refractivity contribution in [3.05, 3.63) is 23.5 Å². The molecule has 3 N–H and O–H groups in total. The zero-order valence-corrected chi connectivity index (χ0v) is 17.8. The lowest BCUT2D eigenvalue weighted by Gasteiger charge is -2.18. The molecule has 1 saturated carbocycles. The molecule has 1 fully saturated rings. The number of aryl methyl sites for hydroxylation is 1. The summed E-state index contributed by atoms with van der Waals surface area (Å²) >= 11 is 0. The molecule has 0 bridgehead atoms. The molecule has 2 amide bonds. The van der Waals surface area contributed by atoms with Gasteiger partial charge in [-0.1, -0.05) is 0 Å². The summed E-state index contributed by atoms with van der Waals surface area (Å²) in [6.07, 6.45) is -5.00. The number of aromatic amines is 1. The molecule has 1 aliphatic carbocycles. The number of amides is 2. The maximum absolute atomic E-state index is 12.4. The Labute approximate surface area is 181 Å². The predicted molar refractivity (Wildman–Crippen MR) is 106 cm³/mol. The van der Waals surface area contributed by atoms with Crippen LogP contribution < -0.4 is 15.4 Å². The number of methoxy groups -OCH3 is 1. The van der Waals surface area contributed by atoms with E-state index in [4.69, 9.17) is 9.47 Å². The summed E-state index contributed by atoms with van der Waals surface area (Å²) in [4.78, 5) is 24.3. The molecule has 3 rings (SSSR count). The second-order valence-corrected chi connectivity index (χ2v) is 7.76. The summed E-state index contributed by atoms with van der Waals surface area (Å²) in [5, 5.41) is 15.9. The number of nitrogens with zero attached hydrogens (tertiary/aromatic N) is 3. The molecule has 0 aromatic carbocycles. The summed E-state index contributed by atoms with van der Waals surface area (Å²) in [6.45, 7) is 1.27. The SMILES string of the molecule is COc1cc(C(=O)Nc2cc([C@H]3CC[C@@H](OC(=O)N[C@H](C)CC(F)(F)F)C3)[nH]n2)n(C)n1. The summed E-state index contributed by atoms with van der Waals surface area (Å²) < 4.78 is 48.8. The van der Waals surface area contributed by atoms with Crippen LogP contribution in [0.25, 0.3) is 0 Å². The van der Waals surface area contributed by atoms with Crippen LogP contribution in [0.2, 0.25) is 0 Å². The van der Waals surface area contributed by atoms with Gasteiger partial charge in [0.25, 0.3) is 5.91 Å². The third-order valence-corrected chi connectivity index (χ3v) is 5.14. The fraction of sp³-hybridized carbons (Fsp3) is 0.579. The van der Waals surface area contributed by atoms with Gasteiger partial charge in [0.1, 0.15) is 11.8 Å². The molecule has 0 spiro atoms. The van der Waals surface area contributed by atoms with Crippen LogP contribution in [0.15, 0.2) is 12.1 Å². The minimum Gasteiger partial charge on any atom is -0.480 e. The van der Waals surface area contributed by atoms with Crippen LogP contribution in [-0.2, 0) is 11.8 Å². The van der Waals surface area contributed by atoms with Gasteiger partial charge in [-0.15, -0.1) is 5.10 Å². The quantitative estimate of drug-likeness (QED) is 0.586. The van der Waals surface area contributed by atoms with Crippen LogP contribution in [0.3, 0.4) is 0 Å². The zero-order valence-electron chi connectivity index (χ0n) is 17.8. The van der Waals surface area contributed by atoms with Crippen LogP contribution in [0.1, 0.15) is 54.7 Å². The van der Waals surface area contributed by atoms with E-state index in [2.05, 4.69) is 25.9 Å². The van der Waals surface area contributed by atoms with Crippen molar-refractivity contribution in [2.45, 2.75) is 56.8 Å². The van der Waals surface area contributed by atoms with Gasteiger partial charge in [0.05, 0.1) is 13.5 Å². The maximum Gasteiger partial charge on any atom is 0.407 e. The number of nitrogens with one attached hydrogen (secondary N) is 3. The van der Waals surface area contributed by atoms with Crippen molar-refractivity contribution in [1.82, 2.24) is 25.3 Å². The van der Waals surface area contributed by atoms with E-state index in [0.29, 0.717) is 36.7 Å². The van der Waals surface area contributed by atoms with E-state index in [0.717, 1.165) is 5.69 Å². The molecule has 3 atom stereocenters. The molecule has 0 aliphatic heterocycles. The second kappa shape index (κ2) is 9.49. The fourth-order valence-corrected chi connectivity index (χ4v) is 3.66. The lowest BCUT2D eigenvalue weighted by molar-refractivity contribution is -0.138. The Morgan fingerprint density at radius 3 is 2.75 bits per heavy atom. The highest BCUT2D eigenvalue weighted by Crippen LogP contribution is 2.36. The number of alkyl halides is 3. The molecule has 2 aromatic rings. The molecule has 13 heteroatoms. The average molecular weight is 458 g/mol. The predicted octanol–water partition coefficient (Wildman–Crippen LogP) is 3.11. The number of carbonyl (C=O) groups excluding carboxylic acids is 2. The van der Waals surface area contributed by atoms with Crippen LogP contribution in [0, 0.1) is 0 Å². The normalized spacial score (nSPS) is 19.4. The largest absolute Gasteiger partial charge is 0.480 e. The molecule has 32 heavy (non-hydrogen) atoms. The van der Waals surface area contributed by atoms with E-state index in [1.165, 1.54) is 24.8 Å². The lowest BCUT2D eigenvalue weighted by Crippen LogP contribution is -2.37. The molecule has 0 radical (unpaired) electrons. The van der Waals surface area contributed by atoms with Gasteiger partial charge in [-0.3, -0.25) is 14.6 Å². The van der Waals surface area contributed by atoms with E-state index in [-0.39, 0.29) is 5.92 Å². The smallest absolute Gasteiger partial charge is 0.407 e. The molecule has 2 aromatic heterocycles. The summed E-state index contributed by atoms with van der Waals surface area (Å²) in [5.41, 5.74) is 1.06. The van der Waals surface area contributed by atoms with Crippen molar-refractivity contribution in [3.8, 4) is 5.88 Å². The van der Waals surface area contributed by atoms with Gasteiger partial charge in [0.15, 0.2) is 5.82 Å². The van der Waals surface area contributed by atoms with Gasteiger partial charge in [0.2, 0.25) is 5.88 Å². The van der Waals surface area contributed by atoms with Gasteiger partial charge in [-0.2, -0.15) is 18.3 Å². The number of hydrogen-bond acceptors (Lipinski definition) is 6. The van der Waals surface area contributed by atoms with Crippen LogP contribution in [0.5, 0.6) is 5.88 Å². The Morgan fingerprint density at radius 1 is 1.34 bits per heavy atom. The summed E-state index contributed by atoms with van der Waals surface area (Å²) in [7, 11) is 3.07. The minimum absolute atomic E-state index is 0.00958. The first-order valence-electron chi connectivity index (χ1n) is 10.0. The monoisotopic (exact) mass is 458 g/mol. The van der Waals surface area contributed by atoms with Crippen molar-refractivity contribution in [3.63, 3.8) is 0 Å². The molecule has 10 nitrogen and oxygen atoms in total. The van der Waals surface area contributed by atoms with Gasteiger partial charge in [0, 0.05) is 36.8 Å². The Kier molecular flexibility index (Phi) is 6.94. The second-order valence-electron chi connectivity index (χ2n) is 7.76. The average Bonchev–Trinajstić information content (AvgIpc) is 3.39. The number of rotatable bonds is 7. The highest BCUT2D eigenvalue weighted by molar-refractivity contribution is 6.02. The van der Waals surface area contributed by atoms with E-state index < -0.39 is 36.7 Å². The van der Waals surface area contributed by atoms with Crippen molar-refractivity contribution in [2.75, 3.05) is 12.4 Å². The third-order valence-electron chi connectivity index (χ3n) is 5.14. The number of aromatic nitrogens is 4. The Bertz CT molecular complexity index is 957. The van der Waals surface area contributed by atoms with Crippen molar-refractivity contribution >= 4 is 17.8 Å². The van der Waals surface area contributed by atoms with Gasteiger partial charge >= 0.3 is 12.3 Å². The minimum atomic E-state index is -4.36. The standard InChI is InChI=1S/C19H25F3N6O4/c1-10(9-19(20,21)22)23-18(30)32-12-5-4-11(6-12)13-7-15(26-25-13)24-17(29)14-8-16(31-3)27-28(14)2/h7-8,10-12H,4-6,9H2,1-3H3,(H,23,30)(H2,24,25,26,29)/t10-,11+,12-/m1/s1. The molecular formula is C19H25F3N6O4. The highest BCUT2D eigenvalue weighted by Gasteiger charge is 2.33. The van der Waals surface area contributed by atoms with Crippen LogP contribution >= 0.6 is 0 Å². The molecule has 176 valence electrons. The fourth-order valence-electron chi connectivity index (χ4n) is 3.66. The number of halogens is 3. The number of ether oxygens (including phenoxy) is 2. The Balaban J connectivity index is 1.50. The van der Waals surface area contributed by atoms with Gasteiger partial charge < -0.3 is 20.1 Å². The molecule has 0 unspecified atom stereocenters. The first kappa shape index (κ1) is 23.4. The van der Waals surface area contributed by atoms with E-state index in [1.807, 2.05) is 0 Å². The van der Waals surface area contributed by atoms with Gasteiger partial charge in [-0.05, 0) is 26.2 Å². The maximum atomic E-state index is 12.4. The summed E-state index contributed by atoms with van der Waals surface area (Å²) in [6, 6.07) is 2.13. The lowest BCUT2D eigenvalue weighted by atomic mass is 10.0. The number of H-pyrrole nitrogens is 1. The first-order chi connectivity index (χ1) is 15.0. The first-order valence-corrected chi connectivity index (χ1v) is 10.0. The van der Waals surface area contributed by atoms with E-state index >= 15 is 0 Å². The molecular weight excluding hydrogens is 433 g/mol. The summed E-state index contributed by atoms with van der Waals surface area (Å²) in [5.74, 6) is 0.247. The van der Waals surface area contributed by atoms with Crippen LogP contribution in [0.4, 0.5) is 23.8 Å². The highest BCUT2D eigenvalue weighted by atomic mass is 19.4. The molecule has 1 aliphatic rings. The number of hydrogen-bond donors (Lipinski definition) is 3. The zero-order chi connectivity index (χ0) is 23.5. The van der Waals surface area contributed by atoms with Crippen molar-refractivity contribution in [2.24, 2.45) is 7.05 Å². The van der Waals surface area contributed by atoms with Crippen LogP contribution in [-0.4, -0.2) is 57.4 Å². The number of carbonyl (C=O) groups is 2. The van der Waals surface area contributed by atoms with Crippen molar-refractivity contribution < 1.29 is 32.2 Å². The van der Waals surface area contributed by atoms with Gasteiger partial charge in [-0.25, -0.2) is 4.79 Å². The Hall–Kier alpha value is -3.25. The van der Waals surface area contributed by atoms with E-state index in [1.54, 1.807) is 13.1 Å².